The van der Waals surface area contributed by atoms with Gasteiger partial charge in [-0.15, -0.1) is 0 Å². The lowest BCUT2D eigenvalue weighted by Crippen LogP contribution is -2.23. The lowest BCUT2D eigenvalue weighted by molar-refractivity contribution is 0.0498. The molecule has 2 rings (SSSR count). The van der Waals surface area contributed by atoms with Crippen LogP contribution in [-0.4, -0.2) is 26.0 Å². The quantitative estimate of drug-likeness (QED) is 0.703. The van der Waals surface area contributed by atoms with E-state index in [4.69, 9.17) is 9.47 Å². The van der Waals surface area contributed by atoms with Crippen molar-refractivity contribution in [1.29, 1.82) is 0 Å². The van der Waals surface area contributed by atoms with Crippen LogP contribution in [0.25, 0.3) is 0 Å². The summed E-state index contributed by atoms with van der Waals surface area (Å²) in [6.07, 6.45) is 6.45. The Morgan fingerprint density at radius 1 is 1.57 bits per heavy atom. The van der Waals surface area contributed by atoms with E-state index in [0.717, 1.165) is 18.6 Å². The van der Waals surface area contributed by atoms with E-state index in [2.05, 4.69) is 18.3 Å². The Hall–Kier alpha value is -0.800. The first-order chi connectivity index (χ1) is 6.79. The molecule has 0 aromatic rings. The highest BCUT2D eigenvalue weighted by molar-refractivity contribution is 5.26. The minimum Gasteiger partial charge on any atom is -0.469 e. The summed E-state index contributed by atoms with van der Waals surface area (Å²) in [5.74, 6) is 0.992. The SMILES string of the molecule is CNC(C)C[13C]1=[13CH][13CH]=[13C]2OCO[13CH]2[13CH2]1. The van der Waals surface area contributed by atoms with Crippen LogP contribution < -0.4 is 5.32 Å². The Labute approximate surface area is 84.8 Å². The number of fused-ring (bicyclic) bond motifs is 1. The molecule has 1 heterocycles. The van der Waals surface area contributed by atoms with E-state index >= 15 is 0 Å². The highest BCUT2D eigenvalue weighted by atomic mass is 16.8. The van der Waals surface area contributed by atoms with Crippen molar-refractivity contribution in [2.45, 2.75) is 31.9 Å². The minimum atomic E-state index is 0.180. The third kappa shape index (κ3) is 1.99. The monoisotopic (exact) mass is 201 g/mol. The molecule has 3 nitrogen and oxygen atoms in total. The summed E-state index contributed by atoms with van der Waals surface area (Å²) in [7, 11) is 1.99. The normalized spacial score (nSPS) is 27.4. The van der Waals surface area contributed by atoms with Gasteiger partial charge in [-0.1, -0.05) is 11.6 Å². The zero-order valence-corrected chi connectivity index (χ0v) is 8.75. The van der Waals surface area contributed by atoms with Crippen molar-refractivity contribution in [2.75, 3.05) is 13.8 Å². The Balaban J connectivity index is 1.96. The predicted octanol–water partition coefficient (Wildman–Crippen LogP) is 1.57. The topological polar surface area (TPSA) is 30.5 Å². The van der Waals surface area contributed by atoms with E-state index in [9.17, 15) is 0 Å². The van der Waals surface area contributed by atoms with Gasteiger partial charge in [0, 0.05) is 12.5 Å². The van der Waals surface area contributed by atoms with Crippen LogP contribution in [0.15, 0.2) is 23.5 Å². The summed E-state index contributed by atoms with van der Waals surface area (Å²) < 4.78 is 10.8. The Kier molecular flexibility index (Phi) is 2.89. The largest absolute Gasteiger partial charge is 0.469 e. The number of hydrogen-bond donors (Lipinski definition) is 1. The average molecular weight is 201 g/mol. The number of ether oxygens (including phenoxy) is 2. The molecule has 0 aromatic heterocycles. The summed E-state index contributed by atoms with van der Waals surface area (Å²) in [5, 5.41) is 3.24. The second kappa shape index (κ2) is 4.15. The minimum absolute atomic E-state index is 0.180. The van der Waals surface area contributed by atoms with Crippen LogP contribution in [0, 0.1) is 0 Å². The van der Waals surface area contributed by atoms with Crippen LogP contribution in [0.5, 0.6) is 0 Å². The summed E-state index contributed by atoms with van der Waals surface area (Å²) in [6.45, 7) is 2.60. The van der Waals surface area contributed by atoms with Crippen molar-refractivity contribution >= 4 is 0 Å². The first-order valence-electron chi connectivity index (χ1n) is 5.11. The van der Waals surface area contributed by atoms with Crippen LogP contribution in [0.4, 0.5) is 0 Å². The molecule has 2 unspecified atom stereocenters. The second-order valence-electron chi connectivity index (χ2n) is 3.91. The van der Waals surface area contributed by atoms with Crippen LogP contribution >= 0.6 is 0 Å². The highest BCUT2D eigenvalue weighted by Gasteiger charge is 2.26. The molecule has 0 aromatic carbocycles. The van der Waals surface area contributed by atoms with Gasteiger partial charge in [-0.3, -0.25) is 0 Å². The van der Waals surface area contributed by atoms with Crippen molar-refractivity contribution < 1.29 is 9.47 Å². The highest BCUT2D eigenvalue weighted by Crippen LogP contribution is 2.29. The summed E-state index contributed by atoms with van der Waals surface area (Å²) in [6, 6.07) is 0.526. The molecule has 14 heavy (non-hydrogen) atoms. The van der Waals surface area contributed by atoms with Crippen LogP contribution in [-0.2, 0) is 9.47 Å². The maximum Gasteiger partial charge on any atom is 0.189 e. The number of allylic oxidation sites excluding steroid dienone is 2. The van der Waals surface area contributed by atoms with Crippen LogP contribution in [0.2, 0.25) is 0 Å². The Morgan fingerprint density at radius 3 is 3.21 bits per heavy atom. The van der Waals surface area contributed by atoms with E-state index < -0.39 is 0 Å². The number of rotatable bonds is 3. The first-order valence-corrected chi connectivity index (χ1v) is 5.11. The third-order valence-corrected chi connectivity index (χ3v) is 2.80. The zero-order chi connectivity index (χ0) is 9.97. The zero-order valence-electron chi connectivity index (χ0n) is 8.75. The molecule has 3 heteroatoms. The second-order valence-corrected chi connectivity index (χ2v) is 3.91. The van der Waals surface area contributed by atoms with Gasteiger partial charge in [0.15, 0.2) is 6.79 Å². The maximum atomic E-state index is 5.45. The van der Waals surface area contributed by atoms with E-state index in [1.54, 1.807) is 0 Å². The van der Waals surface area contributed by atoms with E-state index in [1.165, 1.54) is 5.57 Å². The molecule has 2 atom stereocenters. The van der Waals surface area contributed by atoms with Gasteiger partial charge >= 0.3 is 0 Å². The molecule has 1 saturated heterocycles. The van der Waals surface area contributed by atoms with Crippen LogP contribution in [0.3, 0.4) is 0 Å². The van der Waals surface area contributed by atoms with E-state index in [0.29, 0.717) is 12.8 Å². The Morgan fingerprint density at radius 2 is 2.43 bits per heavy atom. The maximum absolute atomic E-state index is 5.45. The fourth-order valence-electron chi connectivity index (χ4n) is 1.83. The summed E-state index contributed by atoms with van der Waals surface area (Å²) >= 11 is 0. The van der Waals surface area contributed by atoms with Crippen molar-refractivity contribution in [3.05, 3.63) is 23.5 Å². The third-order valence-electron chi connectivity index (χ3n) is 2.80. The lowest BCUT2D eigenvalue weighted by Gasteiger charge is -2.18. The molecule has 1 aliphatic heterocycles. The summed E-state index contributed by atoms with van der Waals surface area (Å²) in [5.41, 5.74) is 1.44. The van der Waals surface area contributed by atoms with Crippen molar-refractivity contribution in [1.82, 2.24) is 5.32 Å². The molecule has 0 spiro atoms. The van der Waals surface area contributed by atoms with Gasteiger partial charge in [0.05, 0.1) is 0 Å². The van der Waals surface area contributed by atoms with Gasteiger partial charge in [0.1, 0.15) is 11.9 Å². The smallest absolute Gasteiger partial charge is 0.189 e. The summed E-state index contributed by atoms with van der Waals surface area (Å²) in [4.78, 5) is 0. The Bertz CT molecular complexity index is 266. The fraction of sp³-hybridized carbons (Fsp3) is 0.636. The molecule has 0 saturated carbocycles. The van der Waals surface area contributed by atoms with E-state index in [-0.39, 0.29) is 6.10 Å². The molecular formula is C11H17NO2. The fourth-order valence-corrected chi connectivity index (χ4v) is 1.83. The average Bonchev–Trinajstić information content (AvgIpc) is 2.64. The van der Waals surface area contributed by atoms with Gasteiger partial charge in [0.25, 0.3) is 0 Å². The first kappa shape index (κ1) is 9.74. The molecular weight excluding hydrogens is 184 g/mol. The molecule has 0 radical (unpaired) electrons. The molecule has 1 N–H and O–H groups in total. The van der Waals surface area contributed by atoms with Gasteiger partial charge < -0.3 is 14.8 Å². The number of nitrogens with one attached hydrogen (secondary N) is 1. The van der Waals surface area contributed by atoms with Crippen molar-refractivity contribution in [3.8, 4) is 0 Å². The predicted molar refractivity (Wildman–Crippen MR) is 54.7 cm³/mol. The number of hydrogen-bond acceptors (Lipinski definition) is 3. The lowest BCUT2D eigenvalue weighted by atomic mass is 10.3. The standard InChI is InChI=1S/C11H17NO2/c1-8(12-2)5-9-3-4-10-11(6-9)14-7-13-10/h3-4,8,11-12H,5-7H2,1-2H3/i3+1,4+1,6+1,9+1,10+1,11+1. The van der Waals surface area contributed by atoms with Crippen molar-refractivity contribution in [3.63, 3.8) is 0 Å². The van der Waals surface area contributed by atoms with Gasteiger partial charge in [-0.05, 0) is 26.5 Å². The molecule has 78 valence electrons. The van der Waals surface area contributed by atoms with E-state index in [1.807, 2.05) is 13.1 Å². The molecule has 2 aliphatic rings. The molecule has 1 aliphatic carbocycles. The van der Waals surface area contributed by atoms with Gasteiger partial charge in [-0.25, -0.2) is 0 Å². The molecule has 1 fully saturated rings. The van der Waals surface area contributed by atoms with Crippen molar-refractivity contribution in [2.24, 2.45) is 0 Å². The van der Waals surface area contributed by atoms with Gasteiger partial charge in [-0.2, -0.15) is 0 Å². The van der Waals surface area contributed by atoms with Crippen LogP contribution in [0.1, 0.15) is 19.8 Å². The molecule has 0 bridgehead atoms. The van der Waals surface area contributed by atoms with Gasteiger partial charge in [0.2, 0.25) is 0 Å². The molecule has 0 amide bonds.